The molecule has 0 radical (unpaired) electrons. The number of carboxylic acid groups (broad SMARTS) is 1. The zero-order valence-electron chi connectivity index (χ0n) is 11.0. The summed E-state index contributed by atoms with van der Waals surface area (Å²) in [5.41, 5.74) is 1.26. The van der Waals surface area contributed by atoms with E-state index in [-0.39, 0.29) is 18.2 Å². The molecule has 3 N–H and O–H groups in total. The molecule has 5 nitrogen and oxygen atoms in total. The lowest BCUT2D eigenvalue weighted by molar-refractivity contribution is 0.0696. The molecular formula is C15H17NO4. The summed E-state index contributed by atoms with van der Waals surface area (Å²) in [6.07, 6.45) is 1.91. The molecule has 1 heterocycles. The zero-order valence-corrected chi connectivity index (χ0v) is 11.0. The lowest BCUT2D eigenvalue weighted by Gasteiger charge is -2.15. The van der Waals surface area contributed by atoms with Crippen molar-refractivity contribution in [2.45, 2.75) is 19.0 Å². The van der Waals surface area contributed by atoms with Gasteiger partial charge in [-0.2, -0.15) is 0 Å². The Morgan fingerprint density at radius 1 is 1.30 bits per heavy atom. The summed E-state index contributed by atoms with van der Waals surface area (Å²) in [6.45, 7) is 0.382. The number of aliphatic hydroxyl groups excluding tert-OH is 1. The maximum Gasteiger partial charge on any atom is 0.338 e. The molecule has 1 atom stereocenters. The van der Waals surface area contributed by atoms with Crippen molar-refractivity contribution < 1.29 is 19.4 Å². The first kappa shape index (κ1) is 14.3. The zero-order chi connectivity index (χ0) is 14.4. The molecule has 0 unspecified atom stereocenters. The fourth-order valence-electron chi connectivity index (χ4n) is 1.93. The maximum absolute atomic E-state index is 10.7. The fourth-order valence-corrected chi connectivity index (χ4v) is 1.93. The van der Waals surface area contributed by atoms with Crippen LogP contribution in [-0.2, 0) is 13.0 Å². The molecule has 1 aromatic heterocycles. The fraction of sp³-hybridized carbons (Fsp3) is 0.267. The molecular weight excluding hydrogens is 258 g/mol. The Morgan fingerprint density at radius 2 is 2.05 bits per heavy atom. The van der Waals surface area contributed by atoms with Gasteiger partial charge in [-0.15, -0.1) is 0 Å². The molecule has 0 bridgehead atoms. The standard InChI is InChI=1S/C15H17NO4/c17-9-13(6-11-4-2-1-3-5-11)16-8-14-7-12(10-20-14)15(18)19/h1-5,7,10,13,16-17H,6,8-9H2,(H,18,19)/t13-/m1/s1. The summed E-state index contributed by atoms with van der Waals surface area (Å²) < 4.78 is 5.15. The second-order valence-corrected chi connectivity index (χ2v) is 4.56. The molecule has 0 saturated carbocycles. The van der Waals surface area contributed by atoms with Gasteiger partial charge in [0.15, 0.2) is 0 Å². The van der Waals surface area contributed by atoms with Crippen molar-refractivity contribution in [1.82, 2.24) is 5.32 Å². The second kappa shape index (κ2) is 6.88. The number of carbonyl (C=O) groups is 1. The number of benzene rings is 1. The number of carboxylic acids is 1. The molecule has 0 fully saturated rings. The molecule has 0 amide bonds. The first-order valence-electron chi connectivity index (χ1n) is 6.38. The highest BCUT2D eigenvalue weighted by Gasteiger charge is 2.11. The van der Waals surface area contributed by atoms with E-state index >= 15 is 0 Å². The summed E-state index contributed by atoms with van der Waals surface area (Å²) in [7, 11) is 0. The van der Waals surface area contributed by atoms with Crippen LogP contribution in [0.2, 0.25) is 0 Å². The number of aromatic carboxylic acids is 1. The average molecular weight is 275 g/mol. The summed E-state index contributed by atoms with van der Waals surface area (Å²) in [4.78, 5) is 10.7. The third kappa shape index (κ3) is 3.94. The highest BCUT2D eigenvalue weighted by molar-refractivity contribution is 5.87. The topological polar surface area (TPSA) is 82.7 Å². The monoisotopic (exact) mass is 275 g/mol. The van der Waals surface area contributed by atoms with Gasteiger partial charge in [-0.25, -0.2) is 4.79 Å². The number of hydrogen-bond acceptors (Lipinski definition) is 4. The van der Waals surface area contributed by atoms with E-state index in [9.17, 15) is 9.90 Å². The molecule has 0 aliphatic heterocycles. The highest BCUT2D eigenvalue weighted by atomic mass is 16.4. The number of hydrogen-bond donors (Lipinski definition) is 3. The van der Waals surface area contributed by atoms with Crippen molar-refractivity contribution in [2.24, 2.45) is 0 Å². The molecule has 2 rings (SSSR count). The Bertz CT molecular complexity index is 550. The number of rotatable bonds is 7. The lowest BCUT2D eigenvalue weighted by Crippen LogP contribution is -2.33. The molecule has 0 aliphatic carbocycles. The van der Waals surface area contributed by atoms with E-state index in [2.05, 4.69) is 5.32 Å². The van der Waals surface area contributed by atoms with E-state index in [1.54, 1.807) is 0 Å². The van der Waals surface area contributed by atoms with E-state index in [0.717, 1.165) is 5.56 Å². The minimum Gasteiger partial charge on any atom is -0.478 e. The molecule has 5 heteroatoms. The van der Waals surface area contributed by atoms with Crippen molar-refractivity contribution in [3.8, 4) is 0 Å². The molecule has 0 aliphatic rings. The van der Waals surface area contributed by atoms with Gasteiger partial charge in [-0.3, -0.25) is 0 Å². The maximum atomic E-state index is 10.7. The molecule has 106 valence electrons. The van der Waals surface area contributed by atoms with Crippen LogP contribution in [0, 0.1) is 0 Å². The molecule has 0 saturated heterocycles. The Balaban J connectivity index is 1.88. The van der Waals surface area contributed by atoms with Crippen LogP contribution >= 0.6 is 0 Å². The van der Waals surface area contributed by atoms with Gasteiger partial charge in [0.25, 0.3) is 0 Å². The largest absolute Gasteiger partial charge is 0.478 e. The van der Waals surface area contributed by atoms with Gasteiger partial charge in [-0.1, -0.05) is 30.3 Å². The van der Waals surface area contributed by atoms with Gasteiger partial charge in [-0.05, 0) is 18.1 Å². The van der Waals surface area contributed by atoms with E-state index in [4.69, 9.17) is 9.52 Å². The summed E-state index contributed by atoms with van der Waals surface area (Å²) in [5.74, 6) is -0.475. The SMILES string of the molecule is O=C(O)c1coc(CN[C@@H](CO)Cc2ccccc2)c1. The number of furan rings is 1. The minimum atomic E-state index is -1.01. The second-order valence-electron chi connectivity index (χ2n) is 4.56. The average Bonchev–Trinajstić information content (AvgIpc) is 2.93. The lowest BCUT2D eigenvalue weighted by atomic mass is 10.1. The van der Waals surface area contributed by atoms with Crippen molar-refractivity contribution in [1.29, 1.82) is 0 Å². The van der Waals surface area contributed by atoms with Crippen LogP contribution in [0.5, 0.6) is 0 Å². The van der Waals surface area contributed by atoms with Crippen LogP contribution in [0.25, 0.3) is 0 Å². The molecule has 2 aromatic rings. The van der Waals surface area contributed by atoms with Crippen molar-refractivity contribution >= 4 is 5.97 Å². The van der Waals surface area contributed by atoms with Crippen LogP contribution in [0.4, 0.5) is 0 Å². The molecule has 0 spiro atoms. The highest BCUT2D eigenvalue weighted by Crippen LogP contribution is 2.09. The third-order valence-corrected chi connectivity index (χ3v) is 3.01. The van der Waals surface area contributed by atoms with Crippen LogP contribution in [-0.4, -0.2) is 28.8 Å². The predicted octanol–water partition coefficient (Wildman–Crippen LogP) is 1.67. The van der Waals surface area contributed by atoms with Crippen molar-refractivity contribution in [3.63, 3.8) is 0 Å². The normalized spacial score (nSPS) is 12.2. The first-order valence-corrected chi connectivity index (χ1v) is 6.38. The van der Waals surface area contributed by atoms with Gasteiger partial charge in [0.1, 0.15) is 12.0 Å². The first-order chi connectivity index (χ1) is 9.69. The van der Waals surface area contributed by atoms with E-state index in [1.807, 2.05) is 30.3 Å². The minimum absolute atomic E-state index is 0.00138. The number of aliphatic hydroxyl groups is 1. The quantitative estimate of drug-likeness (QED) is 0.716. The van der Waals surface area contributed by atoms with Crippen LogP contribution in [0.1, 0.15) is 21.7 Å². The Morgan fingerprint density at radius 3 is 2.65 bits per heavy atom. The Labute approximate surface area is 116 Å². The van der Waals surface area contributed by atoms with E-state index in [1.165, 1.54) is 12.3 Å². The summed E-state index contributed by atoms with van der Waals surface area (Å²) >= 11 is 0. The summed E-state index contributed by atoms with van der Waals surface area (Å²) in [6, 6.07) is 11.2. The van der Waals surface area contributed by atoms with Gasteiger partial charge in [0, 0.05) is 6.04 Å². The molecule has 1 aromatic carbocycles. The van der Waals surface area contributed by atoms with Gasteiger partial charge >= 0.3 is 5.97 Å². The van der Waals surface area contributed by atoms with Gasteiger partial charge in [0.05, 0.1) is 18.7 Å². The molecule has 20 heavy (non-hydrogen) atoms. The van der Waals surface area contributed by atoms with Gasteiger partial charge < -0.3 is 19.9 Å². The van der Waals surface area contributed by atoms with Crippen LogP contribution < -0.4 is 5.32 Å². The Hall–Kier alpha value is -2.11. The summed E-state index contributed by atoms with van der Waals surface area (Å²) in [5, 5.41) is 21.3. The van der Waals surface area contributed by atoms with Crippen molar-refractivity contribution in [2.75, 3.05) is 6.61 Å². The van der Waals surface area contributed by atoms with E-state index < -0.39 is 5.97 Å². The van der Waals surface area contributed by atoms with Crippen molar-refractivity contribution in [3.05, 3.63) is 59.5 Å². The van der Waals surface area contributed by atoms with Gasteiger partial charge in [0.2, 0.25) is 0 Å². The Kier molecular flexibility index (Phi) is 4.92. The number of nitrogens with one attached hydrogen (secondary N) is 1. The third-order valence-electron chi connectivity index (χ3n) is 3.01. The smallest absolute Gasteiger partial charge is 0.338 e. The van der Waals surface area contributed by atoms with Crippen LogP contribution in [0.15, 0.2) is 47.1 Å². The predicted molar refractivity (Wildman–Crippen MR) is 73.5 cm³/mol. The van der Waals surface area contributed by atoms with Crippen LogP contribution in [0.3, 0.4) is 0 Å². The van der Waals surface area contributed by atoms with E-state index in [0.29, 0.717) is 18.7 Å².